The zero-order valence-electron chi connectivity index (χ0n) is 24.7. The third-order valence-corrected chi connectivity index (χ3v) is 8.34. The Hall–Kier alpha value is -2.78. The van der Waals surface area contributed by atoms with Crippen molar-refractivity contribution < 1.29 is 19.1 Å². The van der Waals surface area contributed by atoms with Crippen LogP contribution in [0.1, 0.15) is 68.3 Å². The Balaban J connectivity index is 0.000000282. The van der Waals surface area contributed by atoms with E-state index >= 15 is 0 Å². The summed E-state index contributed by atoms with van der Waals surface area (Å²) in [7, 11) is 0. The quantitative estimate of drug-likeness (QED) is 0.118. The van der Waals surface area contributed by atoms with Crippen molar-refractivity contribution in [2.75, 3.05) is 30.8 Å². The van der Waals surface area contributed by atoms with Crippen molar-refractivity contribution in [2.45, 2.75) is 65.0 Å². The van der Waals surface area contributed by atoms with Crippen LogP contribution in [-0.4, -0.2) is 42.6 Å². The fraction of sp³-hybridized carbons (Fsp3) is 0.394. The van der Waals surface area contributed by atoms with Gasteiger partial charge in [-0.3, -0.25) is 9.69 Å². The monoisotopic (exact) mass is 691 g/mol. The van der Waals surface area contributed by atoms with Crippen molar-refractivity contribution in [2.24, 2.45) is 0 Å². The standard InChI is InChI=1S/C21H31BrN2O4.C12H9Cl2N/c1-3-9-24(18-7-5-4-6-8-18)14-17-12-16(13-19(22)20(17)23)21(26)28-11-10-27-15(2)25;13-10-7-4-8-11(14)12(10)15-9-5-2-1-3-6-9/h12-13,18H,3-11,14,23H2,1-2H3;1-8,15H. The van der Waals surface area contributed by atoms with Gasteiger partial charge in [-0.1, -0.05) is 73.7 Å². The minimum atomic E-state index is -0.450. The second kappa shape index (κ2) is 18.1. The molecule has 0 bridgehead atoms. The molecule has 0 unspecified atom stereocenters. The molecule has 3 aromatic rings. The Morgan fingerprint density at radius 1 is 0.977 bits per heavy atom. The number of nitrogen functional groups attached to an aromatic ring is 1. The van der Waals surface area contributed by atoms with E-state index in [2.05, 4.69) is 33.1 Å². The normalized spacial score (nSPS) is 13.2. The summed E-state index contributed by atoms with van der Waals surface area (Å²) in [5.41, 5.74) is 10.0. The fourth-order valence-electron chi connectivity index (χ4n) is 4.95. The summed E-state index contributed by atoms with van der Waals surface area (Å²) >= 11 is 15.5. The van der Waals surface area contributed by atoms with Crippen LogP contribution in [0, 0.1) is 0 Å². The summed E-state index contributed by atoms with van der Waals surface area (Å²) in [4.78, 5) is 25.7. The van der Waals surface area contributed by atoms with E-state index in [0.29, 0.717) is 31.8 Å². The zero-order valence-corrected chi connectivity index (χ0v) is 27.8. The van der Waals surface area contributed by atoms with Crippen LogP contribution >= 0.6 is 39.1 Å². The molecule has 43 heavy (non-hydrogen) atoms. The fourth-order valence-corrected chi connectivity index (χ4v) is 5.95. The molecule has 232 valence electrons. The number of nitrogens with two attached hydrogens (primary N) is 1. The number of nitrogens with one attached hydrogen (secondary N) is 1. The number of carbonyl (C=O) groups excluding carboxylic acids is 2. The van der Waals surface area contributed by atoms with Gasteiger partial charge in [-0.15, -0.1) is 0 Å². The van der Waals surface area contributed by atoms with E-state index in [1.165, 1.54) is 39.0 Å². The van der Waals surface area contributed by atoms with E-state index in [0.717, 1.165) is 36.4 Å². The number of nitrogens with zero attached hydrogens (tertiary/aromatic N) is 1. The number of benzene rings is 3. The van der Waals surface area contributed by atoms with E-state index < -0.39 is 11.9 Å². The average Bonchev–Trinajstić information content (AvgIpc) is 3.00. The highest BCUT2D eigenvalue weighted by Crippen LogP contribution is 2.32. The summed E-state index contributed by atoms with van der Waals surface area (Å²) in [6.07, 6.45) is 7.39. The maximum absolute atomic E-state index is 12.4. The first kappa shape index (κ1) is 34.7. The van der Waals surface area contributed by atoms with Gasteiger partial charge in [0.05, 0.1) is 27.0 Å². The van der Waals surface area contributed by atoms with Gasteiger partial charge in [0.15, 0.2) is 0 Å². The first-order valence-corrected chi connectivity index (χ1v) is 16.1. The van der Waals surface area contributed by atoms with E-state index in [9.17, 15) is 9.59 Å². The summed E-state index contributed by atoms with van der Waals surface area (Å²) in [5.74, 6) is -0.846. The minimum absolute atomic E-state index is 0.0276. The van der Waals surface area contributed by atoms with E-state index in [1.54, 1.807) is 18.2 Å². The smallest absolute Gasteiger partial charge is 0.338 e. The van der Waals surface area contributed by atoms with Crippen molar-refractivity contribution in [3.8, 4) is 0 Å². The van der Waals surface area contributed by atoms with Crippen LogP contribution < -0.4 is 11.1 Å². The second-order valence-corrected chi connectivity index (χ2v) is 12.0. The maximum Gasteiger partial charge on any atom is 0.338 e. The topological polar surface area (TPSA) is 93.9 Å². The number of halogens is 3. The molecule has 0 aromatic heterocycles. The third-order valence-electron chi connectivity index (χ3n) is 7.05. The predicted octanol–water partition coefficient (Wildman–Crippen LogP) is 9.03. The van der Waals surface area contributed by atoms with Crippen LogP contribution in [-0.2, 0) is 20.8 Å². The average molecular weight is 694 g/mol. The first-order valence-electron chi connectivity index (χ1n) is 14.6. The number of rotatable bonds is 11. The molecule has 0 heterocycles. The largest absolute Gasteiger partial charge is 0.462 e. The van der Waals surface area contributed by atoms with Crippen molar-refractivity contribution in [1.29, 1.82) is 0 Å². The van der Waals surface area contributed by atoms with Crippen molar-refractivity contribution in [1.82, 2.24) is 4.90 Å². The summed E-state index contributed by atoms with van der Waals surface area (Å²) in [5, 5.41) is 4.41. The van der Waals surface area contributed by atoms with Crippen LogP contribution in [0.2, 0.25) is 10.0 Å². The van der Waals surface area contributed by atoms with E-state index in [4.69, 9.17) is 38.4 Å². The molecule has 0 amide bonds. The van der Waals surface area contributed by atoms with Gasteiger partial charge in [-0.05, 0) is 83.7 Å². The lowest BCUT2D eigenvalue weighted by molar-refractivity contribution is -0.142. The lowest BCUT2D eigenvalue weighted by Crippen LogP contribution is -2.37. The highest BCUT2D eigenvalue weighted by Gasteiger charge is 2.22. The van der Waals surface area contributed by atoms with Gasteiger partial charge in [0.25, 0.3) is 0 Å². The highest BCUT2D eigenvalue weighted by molar-refractivity contribution is 9.10. The van der Waals surface area contributed by atoms with E-state index in [1.807, 2.05) is 42.5 Å². The molecule has 0 spiro atoms. The molecule has 1 saturated carbocycles. The summed E-state index contributed by atoms with van der Waals surface area (Å²) in [6, 6.07) is 19.3. The number of carbonyl (C=O) groups is 2. The molecule has 0 aliphatic heterocycles. The molecule has 4 rings (SSSR count). The lowest BCUT2D eigenvalue weighted by atomic mass is 9.93. The van der Waals surface area contributed by atoms with Gasteiger partial charge in [-0.25, -0.2) is 4.79 Å². The SMILES string of the molecule is CCCN(Cc1cc(C(=O)OCCOC(C)=O)cc(Br)c1N)C1CCCCC1.Clc1cccc(Cl)c1Nc1ccccc1. The van der Waals surface area contributed by atoms with Gasteiger partial charge in [0, 0.05) is 29.7 Å². The Labute approximate surface area is 273 Å². The van der Waals surface area contributed by atoms with Gasteiger partial charge in [0.2, 0.25) is 0 Å². The number of ether oxygens (including phenoxy) is 2. The molecular formula is C33H40BrCl2N3O4. The zero-order chi connectivity index (χ0) is 31.2. The molecule has 0 saturated heterocycles. The Morgan fingerprint density at radius 2 is 1.63 bits per heavy atom. The van der Waals surface area contributed by atoms with Gasteiger partial charge in [-0.2, -0.15) is 0 Å². The van der Waals surface area contributed by atoms with Crippen LogP contribution in [0.5, 0.6) is 0 Å². The Bertz CT molecular complexity index is 1320. The minimum Gasteiger partial charge on any atom is -0.462 e. The van der Waals surface area contributed by atoms with Crippen molar-refractivity contribution in [3.63, 3.8) is 0 Å². The molecule has 0 atom stereocenters. The van der Waals surface area contributed by atoms with Gasteiger partial charge < -0.3 is 20.5 Å². The molecule has 7 nitrogen and oxygen atoms in total. The number of para-hydroxylation sites is 2. The third kappa shape index (κ3) is 11.3. The Kier molecular flexibility index (Phi) is 14.6. The second-order valence-electron chi connectivity index (χ2n) is 10.4. The molecule has 3 N–H and O–H groups in total. The number of anilines is 3. The lowest BCUT2D eigenvalue weighted by Gasteiger charge is -2.34. The first-order chi connectivity index (χ1) is 20.7. The summed E-state index contributed by atoms with van der Waals surface area (Å²) < 4.78 is 10.7. The van der Waals surface area contributed by atoms with Crippen LogP contribution in [0.15, 0.2) is 65.1 Å². The van der Waals surface area contributed by atoms with Crippen LogP contribution in [0.4, 0.5) is 17.1 Å². The Morgan fingerprint density at radius 3 is 2.26 bits per heavy atom. The highest BCUT2D eigenvalue weighted by atomic mass is 79.9. The van der Waals surface area contributed by atoms with Gasteiger partial charge in [0.1, 0.15) is 13.2 Å². The van der Waals surface area contributed by atoms with Crippen LogP contribution in [0.3, 0.4) is 0 Å². The molecule has 3 aromatic carbocycles. The van der Waals surface area contributed by atoms with E-state index in [-0.39, 0.29) is 13.2 Å². The number of esters is 2. The van der Waals surface area contributed by atoms with Crippen molar-refractivity contribution >= 4 is 68.1 Å². The molecule has 1 aliphatic carbocycles. The molecular weight excluding hydrogens is 653 g/mol. The molecule has 0 radical (unpaired) electrons. The van der Waals surface area contributed by atoms with Gasteiger partial charge >= 0.3 is 11.9 Å². The van der Waals surface area contributed by atoms with Crippen LogP contribution in [0.25, 0.3) is 0 Å². The molecule has 10 heteroatoms. The number of hydrogen-bond acceptors (Lipinski definition) is 7. The maximum atomic E-state index is 12.4. The number of hydrogen-bond donors (Lipinski definition) is 2. The molecule has 1 aliphatic rings. The molecule has 1 fully saturated rings. The summed E-state index contributed by atoms with van der Waals surface area (Å²) in [6.45, 7) is 5.32. The van der Waals surface area contributed by atoms with Crippen molar-refractivity contribution in [3.05, 3.63) is 86.3 Å². The predicted molar refractivity (Wildman–Crippen MR) is 179 cm³/mol.